The van der Waals surface area contributed by atoms with Crippen molar-refractivity contribution in [3.63, 3.8) is 0 Å². The Morgan fingerprint density at radius 2 is 2.06 bits per heavy atom. The molecule has 1 amide bonds. The van der Waals surface area contributed by atoms with E-state index in [4.69, 9.17) is 4.74 Å². The van der Waals surface area contributed by atoms with Crippen molar-refractivity contribution in [3.05, 3.63) is 0 Å². The Bertz CT molecular complexity index is 266. The van der Waals surface area contributed by atoms with Crippen LogP contribution in [0.25, 0.3) is 0 Å². The van der Waals surface area contributed by atoms with E-state index in [1.54, 1.807) is 0 Å². The van der Waals surface area contributed by atoms with Gasteiger partial charge in [0.2, 0.25) is 5.91 Å². The second-order valence-electron chi connectivity index (χ2n) is 4.55. The van der Waals surface area contributed by atoms with Crippen LogP contribution >= 0.6 is 0 Å². The van der Waals surface area contributed by atoms with Crippen LogP contribution in [0.4, 0.5) is 13.2 Å². The van der Waals surface area contributed by atoms with Crippen molar-refractivity contribution in [1.82, 2.24) is 10.6 Å². The topological polar surface area (TPSA) is 50.4 Å². The highest BCUT2D eigenvalue weighted by atomic mass is 19.4. The normalized spacial score (nSPS) is 19.6. The summed E-state index contributed by atoms with van der Waals surface area (Å²) in [5.41, 5.74) is 0. The van der Waals surface area contributed by atoms with Gasteiger partial charge in [-0.3, -0.25) is 4.79 Å². The molecule has 0 aromatic heterocycles. The number of ether oxygens (including phenoxy) is 1. The van der Waals surface area contributed by atoms with Crippen LogP contribution in [-0.2, 0) is 9.53 Å². The Hall–Kier alpha value is -0.820. The lowest BCUT2D eigenvalue weighted by Gasteiger charge is -2.23. The van der Waals surface area contributed by atoms with Gasteiger partial charge in [-0.05, 0) is 32.9 Å². The van der Waals surface area contributed by atoms with E-state index < -0.39 is 24.5 Å². The maximum absolute atomic E-state index is 12.0. The third-order valence-corrected chi connectivity index (χ3v) is 2.68. The van der Waals surface area contributed by atoms with Crippen LogP contribution in [0.15, 0.2) is 0 Å². The second kappa shape index (κ2) is 6.94. The molecule has 7 heteroatoms. The van der Waals surface area contributed by atoms with Gasteiger partial charge in [-0.1, -0.05) is 0 Å². The smallest absolute Gasteiger partial charge is 0.368 e. The molecule has 2 N–H and O–H groups in total. The highest BCUT2D eigenvalue weighted by Crippen LogP contribution is 2.21. The quantitative estimate of drug-likeness (QED) is 0.788. The van der Waals surface area contributed by atoms with Gasteiger partial charge in [0.15, 0.2) is 0 Å². The first-order valence-electron chi connectivity index (χ1n) is 6.05. The average molecular weight is 268 g/mol. The molecule has 0 aliphatic carbocycles. The third-order valence-electron chi connectivity index (χ3n) is 2.68. The van der Waals surface area contributed by atoms with Crippen molar-refractivity contribution in [2.75, 3.05) is 19.7 Å². The number of amides is 1. The lowest BCUT2D eigenvalue weighted by atomic mass is 10.1. The zero-order valence-corrected chi connectivity index (χ0v) is 10.3. The van der Waals surface area contributed by atoms with Gasteiger partial charge >= 0.3 is 6.18 Å². The van der Waals surface area contributed by atoms with Crippen LogP contribution in [0.5, 0.6) is 0 Å². The zero-order chi connectivity index (χ0) is 13.6. The maximum Gasteiger partial charge on any atom is 0.391 e. The van der Waals surface area contributed by atoms with Crippen molar-refractivity contribution < 1.29 is 22.7 Å². The van der Waals surface area contributed by atoms with E-state index in [-0.39, 0.29) is 12.7 Å². The minimum absolute atomic E-state index is 0.0231. The summed E-state index contributed by atoms with van der Waals surface area (Å²) in [6, 6.07) is -0.922. The first-order chi connectivity index (χ1) is 8.37. The molecule has 4 nitrogen and oxygen atoms in total. The Morgan fingerprint density at radius 1 is 1.44 bits per heavy atom. The monoisotopic (exact) mass is 268 g/mol. The Morgan fingerprint density at radius 3 is 2.61 bits per heavy atom. The number of rotatable bonds is 5. The summed E-state index contributed by atoms with van der Waals surface area (Å²) in [7, 11) is 0. The van der Waals surface area contributed by atoms with Crippen LogP contribution in [0.1, 0.15) is 26.2 Å². The summed E-state index contributed by atoms with van der Waals surface area (Å²) in [6.45, 7) is 2.84. The zero-order valence-electron chi connectivity index (χ0n) is 10.3. The standard InChI is InChI=1S/C11H19F3N2O2/c1-8(6-11(12,13)14)16-10(17)7-18-9-2-4-15-5-3-9/h8-9,15H,2-7H2,1H3,(H,16,17). The molecule has 1 aliphatic heterocycles. The lowest BCUT2D eigenvalue weighted by Crippen LogP contribution is -2.40. The molecule has 0 spiro atoms. The van der Waals surface area contributed by atoms with Gasteiger partial charge in [-0.25, -0.2) is 0 Å². The van der Waals surface area contributed by atoms with Gasteiger partial charge in [-0.2, -0.15) is 13.2 Å². The van der Waals surface area contributed by atoms with Crippen LogP contribution in [0.2, 0.25) is 0 Å². The minimum atomic E-state index is -4.26. The summed E-state index contributed by atoms with van der Waals surface area (Å²) in [6.07, 6.45) is -3.61. The number of carbonyl (C=O) groups excluding carboxylic acids is 1. The van der Waals surface area contributed by atoms with E-state index in [1.165, 1.54) is 6.92 Å². The Kier molecular flexibility index (Phi) is 5.87. The molecule has 0 aromatic rings. The number of halogens is 3. The maximum atomic E-state index is 12.0. The minimum Gasteiger partial charge on any atom is -0.368 e. The van der Waals surface area contributed by atoms with Crippen molar-refractivity contribution >= 4 is 5.91 Å². The van der Waals surface area contributed by atoms with E-state index >= 15 is 0 Å². The second-order valence-corrected chi connectivity index (χ2v) is 4.55. The molecule has 1 aliphatic rings. The molecule has 1 unspecified atom stereocenters. The van der Waals surface area contributed by atoms with E-state index in [0.717, 1.165) is 25.9 Å². The number of hydrogen-bond acceptors (Lipinski definition) is 3. The van der Waals surface area contributed by atoms with Gasteiger partial charge in [0.05, 0.1) is 12.5 Å². The number of carbonyl (C=O) groups is 1. The third kappa shape index (κ3) is 6.80. The number of hydrogen-bond donors (Lipinski definition) is 2. The fraction of sp³-hybridized carbons (Fsp3) is 0.909. The lowest BCUT2D eigenvalue weighted by molar-refractivity contribution is -0.143. The molecule has 1 saturated heterocycles. The van der Waals surface area contributed by atoms with E-state index in [9.17, 15) is 18.0 Å². The molecule has 1 fully saturated rings. The average Bonchev–Trinajstić information content (AvgIpc) is 2.25. The Labute approximate surface area is 104 Å². The number of nitrogens with one attached hydrogen (secondary N) is 2. The Balaban J connectivity index is 2.16. The van der Waals surface area contributed by atoms with Gasteiger partial charge in [0, 0.05) is 6.04 Å². The van der Waals surface area contributed by atoms with Gasteiger partial charge in [-0.15, -0.1) is 0 Å². The highest BCUT2D eigenvalue weighted by Gasteiger charge is 2.30. The summed E-state index contributed by atoms with van der Waals surface area (Å²) in [4.78, 5) is 11.4. The van der Waals surface area contributed by atoms with E-state index in [1.807, 2.05) is 0 Å². The fourth-order valence-electron chi connectivity index (χ4n) is 1.87. The molecular formula is C11H19F3N2O2. The van der Waals surface area contributed by atoms with Crippen LogP contribution in [0.3, 0.4) is 0 Å². The number of alkyl halides is 3. The molecule has 1 heterocycles. The van der Waals surface area contributed by atoms with Crippen molar-refractivity contribution in [3.8, 4) is 0 Å². The van der Waals surface area contributed by atoms with E-state index in [2.05, 4.69) is 10.6 Å². The predicted molar refractivity (Wildman–Crippen MR) is 60.1 cm³/mol. The summed E-state index contributed by atoms with van der Waals surface area (Å²) >= 11 is 0. The SMILES string of the molecule is CC(CC(F)(F)F)NC(=O)COC1CCNCC1. The van der Waals surface area contributed by atoms with Crippen molar-refractivity contribution in [2.45, 2.75) is 44.5 Å². The van der Waals surface area contributed by atoms with Crippen molar-refractivity contribution in [2.24, 2.45) is 0 Å². The molecule has 1 atom stereocenters. The first kappa shape index (κ1) is 15.2. The molecule has 106 valence electrons. The number of piperidine rings is 1. The van der Waals surface area contributed by atoms with Gasteiger partial charge in [0.25, 0.3) is 0 Å². The van der Waals surface area contributed by atoms with Crippen LogP contribution in [-0.4, -0.2) is 43.9 Å². The summed E-state index contributed by atoms with van der Waals surface area (Å²) < 4.78 is 41.5. The summed E-state index contributed by atoms with van der Waals surface area (Å²) in [5.74, 6) is -0.495. The molecule has 18 heavy (non-hydrogen) atoms. The van der Waals surface area contributed by atoms with Crippen molar-refractivity contribution in [1.29, 1.82) is 0 Å². The van der Waals surface area contributed by atoms with Crippen LogP contribution in [0, 0.1) is 0 Å². The molecule has 0 aromatic carbocycles. The molecule has 0 saturated carbocycles. The highest BCUT2D eigenvalue weighted by molar-refractivity contribution is 5.77. The fourth-order valence-corrected chi connectivity index (χ4v) is 1.87. The molecule has 0 bridgehead atoms. The molecular weight excluding hydrogens is 249 g/mol. The summed E-state index contributed by atoms with van der Waals surface area (Å²) in [5, 5.41) is 5.43. The van der Waals surface area contributed by atoms with Crippen LogP contribution < -0.4 is 10.6 Å². The first-order valence-corrected chi connectivity index (χ1v) is 6.05. The van der Waals surface area contributed by atoms with E-state index in [0.29, 0.717) is 0 Å². The largest absolute Gasteiger partial charge is 0.391 e. The molecule has 1 rings (SSSR count). The van der Waals surface area contributed by atoms with Gasteiger partial charge in [0.1, 0.15) is 6.61 Å². The predicted octanol–water partition coefficient (Wildman–Crippen LogP) is 1.21. The van der Waals surface area contributed by atoms with Gasteiger partial charge < -0.3 is 15.4 Å². The molecule has 0 radical (unpaired) electrons.